The van der Waals surface area contributed by atoms with Crippen LogP contribution in [-0.2, 0) is 6.54 Å². The van der Waals surface area contributed by atoms with Gasteiger partial charge in [0.25, 0.3) is 5.56 Å². The maximum atomic E-state index is 11.9. The predicted octanol–water partition coefficient (Wildman–Crippen LogP) is 3.12. The lowest BCUT2D eigenvalue weighted by Crippen LogP contribution is -2.28. The summed E-state index contributed by atoms with van der Waals surface area (Å²) in [4.78, 5) is 11.9. The van der Waals surface area contributed by atoms with Crippen molar-refractivity contribution in [3.63, 3.8) is 0 Å². The zero-order chi connectivity index (χ0) is 12.3. The van der Waals surface area contributed by atoms with Crippen LogP contribution < -0.4 is 5.56 Å². The molecule has 0 spiro atoms. The van der Waals surface area contributed by atoms with Crippen LogP contribution in [0.1, 0.15) is 19.4 Å². The highest BCUT2D eigenvalue weighted by molar-refractivity contribution is 9.10. The minimum Gasteiger partial charge on any atom is -0.314 e. The summed E-state index contributed by atoms with van der Waals surface area (Å²) in [7, 11) is 0. The first-order chi connectivity index (χ1) is 7.45. The van der Waals surface area contributed by atoms with Gasteiger partial charge in [-0.05, 0) is 46.5 Å². The topological polar surface area (TPSA) is 22.0 Å². The lowest BCUT2D eigenvalue weighted by molar-refractivity contribution is 0.366. The molecule has 0 fully saturated rings. The van der Waals surface area contributed by atoms with Crippen molar-refractivity contribution in [2.75, 3.05) is 5.75 Å². The van der Waals surface area contributed by atoms with Crippen molar-refractivity contribution < 1.29 is 0 Å². The monoisotopic (exact) mass is 303 g/mol. The quantitative estimate of drug-likeness (QED) is 0.848. The molecule has 0 aromatic carbocycles. The highest BCUT2D eigenvalue weighted by Gasteiger charge is 2.13. The number of hydrogen-bond donors (Lipinski definition) is 1. The molecule has 0 aliphatic carbocycles. The summed E-state index contributed by atoms with van der Waals surface area (Å²) in [5.74, 6) is 1.76. The lowest BCUT2D eigenvalue weighted by Gasteiger charge is -2.20. The lowest BCUT2D eigenvalue weighted by atomic mass is 9.98. The molecular formula is C12H18BrNOS. The maximum Gasteiger partial charge on any atom is 0.253 e. The molecule has 1 heterocycles. The number of aromatic nitrogens is 1. The smallest absolute Gasteiger partial charge is 0.253 e. The Kier molecular flexibility index (Phi) is 5.12. The van der Waals surface area contributed by atoms with Gasteiger partial charge in [0.1, 0.15) is 0 Å². The van der Waals surface area contributed by atoms with Crippen molar-refractivity contribution >= 4 is 28.6 Å². The summed E-state index contributed by atoms with van der Waals surface area (Å²) in [6.45, 7) is 6.91. The van der Waals surface area contributed by atoms with Crippen molar-refractivity contribution in [2.24, 2.45) is 11.8 Å². The zero-order valence-electron chi connectivity index (χ0n) is 9.90. The van der Waals surface area contributed by atoms with E-state index >= 15 is 0 Å². The minimum atomic E-state index is 0.0932. The molecule has 0 saturated carbocycles. The number of pyridine rings is 1. The molecule has 0 aliphatic heterocycles. The molecular weight excluding hydrogens is 286 g/mol. The molecule has 1 rings (SSSR count). The number of aryl methyl sites for hydroxylation is 1. The van der Waals surface area contributed by atoms with E-state index < -0.39 is 0 Å². The van der Waals surface area contributed by atoms with E-state index in [0.717, 1.165) is 22.3 Å². The Morgan fingerprint density at radius 1 is 1.50 bits per heavy atom. The second-order valence-corrected chi connectivity index (χ2v) is 5.77. The van der Waals surface area contributed by atoms with E-state index in [2.05, 4.69) is 42.4 Å². The number of rotatable bonds is 4. The van der Waals surface area contributed by atoms with Gasteiger partial charge in [0.05, 0.1) is 0 Å². The Labute approximate surface area is 111 Å². The molecule has 0 amide bonds. The van der Waals surface area contributed by atoms with E-state index in [-0.39, 0.29) is 5.56 Å². The summed E-state index contributed by atoms with van der Waals surface area (Å²) in [6, 6.07) is 1.85. The van der Waals surface area contributed by atoms with Crippen LogP contribution in [0.4, 0.5) is 0 Å². The average Bonchev–Trinajstić information content (AvgIpc) is 2.20. The van der Waals surface area contributed by atoms with Crippen LogP contribution >= 0.6 is 28.6 Å². The van der Waals surface area contributed by atoms with E-state index in [9.17, 15) is 4.79 Å². The van der Waals surface area contributed by atoms with Crippen LogP contribution in [0, 0.1) is 18.8 Å². The van der Waals surface area contributed by atoms with Crippen molar-refractivity contribution in [3.05, 3.63) is 32.7 Å². The second kappa shape index (κ2) is 5.92. The van der Waals surface area contributed by atoms with Gasteiger partial charge in [-0.2, -0.15) is 12.6 Å². The zero-order valence-corrected chi connectivity index (χ0v) is 12.4. The third-order valence-electron chi connectivity index (χ3n) is 2.84. The Morgan fingerprint density at radius 2 is 2.12 bits per heavy atom. The Balaban J connectivity index is 3.01. The molecule has 0 N–H and O–H groups in total. The molecule has 1 aromatic rings. The van der Waals surface area contributed by atoms with Crippen LogP contribution in [-0.4, -0.2) is 10.3 Å². The predicted molar refractivity (Wildman–Crippen MR) is 75.3 cm³/mol. The normalized spacial score (nSPS) is 13.1. The van der Waals surface area contributed by atoms with Crippen molar-refractivity contribution in [3.8, 4) is 0 Å². The fourth-order valence-electron chi connectivity index (χ4n) is 1.61. The van der Waals surface area contributed by atoms with Crippen LogP contribution in [0.15, 0.2) is 21.5 Å². The minimum absolute atomic E-state index is 0.0932. The van der Waals surface area contributed by atoms with Gasteiger partial charge < -0.3 is 4.57 Å². The van der Waals surface area contributed by atoms with E-state index in [1.165, 1.54) is 0 Å². The molecule has 0 saturated heterocycles. The standard InChI is InChI=1S/C12H18BrNOS/c1-8(2)10(7-16)5-14-6-11(13)4-9(3)12(14)15/h4,6,8,10,16H,5,7H2,1-3H3. The first-order valence-electron chi connectivity index (χ1n) is 5.43. The molecule has 1 atom stereocenters. The van der Waals surface area contributed by atoms with Gasteiger partial charge in [0, 0.05) is 22.8 Å². The average molecular weight is 304 g/mol. The summed E-state index contributed by atoms with van der Waals surface area (Å²) in [5.41, 5.74) is 0.867. The first-order valence-corrected chi connectivity index (χ1v) is 6.85. The van der Waals surface area contributed by atoms with Gasteiger partial charge in [-0.3, -0.25) is 4.79 Å². The fourth-order valence-corrected chi connectivity index (χ4v) is 2.74. The Morgan fingerprint density at radius 3 is 2.62 bits per heavy atom. The van der Waals surface area contributed by atoms with E-state index in [1.807, 2.05) is 19.2 Å². The molecule has 90 valence electrons. The number of halogens is 1. The largest absolute Gasteiger partial charge is 0.314 e. The molecule has 0 radical (unpaired) electrons. The van der Waals surface area contributed by atoms with Gasteiger partial charge in [-0.15, -0.1) is 0 Å². The highest BCUT2D eigenvalue weighted by atomic mass is 79.9. The maximum absolute atomic E-state index is 11.9. The summed E-state index contributed by atoms with van der Waals surface area (Å²) in [5, 5.41) is 0. The van der Waals surface area contributed by atoms with Crippen LogP contribution in [0.25, 0.3) is 0 Å². The summed E-state index contributed by atoms with van der Waals surface area (Å²) < 4.78 is 2.73. The fraction of sp³-hybridized carbons (Fsp3) is 0.583. The summed E-state index contributed by atoms with van der Waals surface area (Å²) >= 11 is 7.76. The van der Waals surface area contributed by atoms with Crippen molar-refractivity contribution in [2.45, 2.75) is 27.3 Å². The van der Waals surface area contributed by atoms with E-state index in [1.54, 1.807) is 4.57 Å². The third kappa shape index (κ3) is 3.39. The first kappa shape index (κ1) is 13.8. The van der Waals surface area contributed by atoms with E-state index in [4.69, 9.17) is 0 Å². The molecule has 1 aromatic heterocycles. The van der Waals surface area contributed by atoms with Gasteiger partial charge in [0.2, 0.25) is 0 Å². The van der Waals surface area contributed by atoms with Gasteiger partial charge in [-0.1, -0.05) is 13.8 Å². The van der Waals surface area contributed by atoms with Crippen molar-refractivity contribution in [1.29, 1.82) is 0 Å². The molecule has 4 heteroatoms. The van der Waals surface area contributed by atoms with Gasteiger partial charge >= 0.3 is 0 Å². The van der Waals surface area contributed by atoms with Crippen LogP contribution in [0.2, 0.25) is 0 Å². The molecule has 2 nitrogen and oxygen atoms in total. The van der Waals surface area contributed by atoms with E-state index in [0.29, 0.717) is 11.8 Å². The van der Waals surface area contributed by atoms with Crippen LogP contribution in [0.3, 0.4) is 0 Å². The highest BCUT2D eigenvalue weighted by Crippen LogP contribution is 2.16. The van der Waals surface area contributed by atoms with Crippen molar-refractivity contribution in [1.82, 2.24) is 4.57 Å². The molecule has 16 heavy (non-hydrogen) atoms. The number of nitrogens with zero attached hydrogens (tertiary/aromatic N) is 1. The Hall–Kier alpha value is -0.220. The summed E-state index contributed by atoms with van der Waals surface area (Å²) in [6.07, 6.45) is 1.86. The third-order valence-corrected chi connectivity index (χ3v) is 3.74. The van der Waals surface area contributed by atoms with Gasteiger partial charge in [0.15, 0.2) is 0 Å². The number of hydrogen-bond acceptors (Lipinski definition) is 2. The second-order valence-electron chi connectivity index (χ2n) is 4.49. The van der Waals surface area contributed by atoms with Crippen LogP contribution in [0.5, 0.6) is 0 Å². The SMILES string of the molecule is Cc1cc(Br)cn(CC(CS)C(C)C)c1=O. The number of thiol groups is 1. The molecule has 1 unspecified atom stereocenters. The molecule has 0 bridgehead atoms. The molecule has 0 aliphatic rings. The Bertz CT molecular complexity index is 414. The van der Waals surface area contributed by atoms with Gasteiger partial charge in [-0.25, -0.2) is 0 Å².